The minimum absolute atomic E-state index is 1.16. The summed E-state index contributed by atoms with van der Waals surface area (Å²) in [5.41, 5.74) is 29.3. The van der Waals surface area contributed by atoms with Crippen LogP contribution in [0.25, 0.3) is 59.5 Å². The monoisotopic (exact) mass is 1350 g/mol. The van der Waals surface area contributed by atoms with E-state index in [1.54, 1.807) is 50.8 Å². The predicted octanol–water partition coefficient (Wildman–Crippen LogP) is 21.6. The highest BCUT2D eigenvalue weighted by atomic mass is 16.3. The summed E-state index contributed by atoms with van der Waals surface area (Å²) < 4.78 is 7.34. The molecule has 0 N–H and O–H groups in total. The van der Waals surface area contributed by atoms with E-state index in [4.69, 9.17) is 4.42 Å². The SMILES string of the molecule is c1cc2c(cn1)CC2.c1cc2c(o1)CC2.c1ccc(-n2ccc3c2CC3)cc1.c1ccc2c(c1)CC2.c1ccc2c(c1)c1c(c3ccccc32)CC1.c1ccc2c3c(ccc2c1)CC3.c1ccc2c3c(ncc2c1)CC3.c1ccc2cc3c(cc2c1)CC3.c1cnc2c(c1)CC2.c1cnc2c(c1)CC2. The second kappa shape index (κ2) is 30.7. The van der Waals surface area contributed by atoms with Crippen LogP contribution in [0, 0.1) is 0 Å². The van der Waals surface area contributed by atoms with Crippen LogP contribution in [-0.2, 0) is 128 Å². The van der Waals surface area contributed by atoms with Crippen LogP contribution >= 0.6 is 0 Å². The Labute approximate surface area is 611 Å². The molecule has 0 amide bonds. The molecule has 0 unspecified atom stereocenters. The van der Waals surface area contributed by atoms with E-state index >= 15 is 0 Å². The number of aromatic nitrogens is 5. The van der Waals surface area contributed by atoms with Crippen molar-refractivity contribution in [2.75, 3.05) is 0 Å². The van der Waals surface area contributed by atoms with Crippen molar-refractivity contribution in [1.29, 1.82) is 0 Å². The molecule has 6 heterocycles. The number of pyridine rings is 4. The molecule has 10 aromatic carbocycles. The van der Waals surface area contributed by atoms with Crippen LogP contribution < -0.4 is 0 Å². The highest BCUT2D eigenvalue weighted by molar-refractivity contribution is 6.11. The number of furan rings is 1. The van der Waals surface area contributed by atoms with Crippen LogP contribution in [0.2, 0.25) is 0 Å². The molecule has 10 aliphatic rings. The zero-order chi connectivity index (χ0) is 69.4. The summed E-state index contributed by atoms with van der Waals surface area (Å²) in [7, 11) is 0. The Morgan fingerprint density at radius 2 is 0.731 bits per heavy atom. The number of aryl methyl sites for hydroxylation is 19. The third-order valence-electron chi connectivity index (χ3n) is 22.8. The van der Waals surface area contributed by atoms with E-state index in [-0.39, 0.29) is 0 Å². The molecule has 104 heavy (non-hydrogen) atoms. The van der Waals surface area contributed by atoms with Gasteiger partial charge in [0.1, 0.15) is 5.76 Å². The zero-order valence-electron chi connectivity index (χ0n) is 59.4. The van der Waals surface area contributed by atoms with E-state index in [0.29, 0.717) is 0 Å². The van der Waals surface area contributed by atoms with E-state index in [1.165, 1.54) is 249 Å². The Morgan fingerprint density at radius 3 is 1.15 bits per heavy atom. The van der Waals surface area contributed by atoms with Crippen molar-refractivity contribution < 1.29 is 4.42 Å². The Hall–Kier alpha value is -11.3. The van der Waals surface area contributed by atoms with Gasteiger partial charge in [-0.15, -0.1) is 0 Å². The van der Waals surface area contributed by atoms with Gasteiger partial charge < -0.3 is 8.98 Å². The summed E-state index contributed by atoms with van der Waals surface area (Å²) in [5, 5.41) is 14.0. The summed E-state index contributed by atoms with van der Waals surface area (Å²) in [6, 6.07) is 86.3. The van der Waals surface area contributed by atoms with Gasteiger partial charge >= 0.3 is 0 Å². The molecule has 6 aromatic heterocycles. The Kier molecular flexibility index (Phi) is 19.5. The van der Waals surface area contributed by atoms with Gasteiger partial charge in [0.2, 0.25) is 0 Å². The van der Waals surface area contributed by atoms with E-state index in [2.05, 4.69) is 255 Å². The smallest absolute Gasteiger partial charge is 0.107 e. The van der Waals surface area contributed by atoms with Gasteiger partial charge in [-0.25, -0.2) is 0 Å². The molecule has 0 saturated carbocycles. The number of fused-ring (bicyclic) bond motifs is 20. The van der Waals surface area contributed by atoms with Gasteiger partial charge in [0.15, 0.2) is 0 Å². The number of hydrogen-bond acceptors (Lipinski definition) is 5. The van der Waals surface area contributed by atoms with Crippen LogP contribution in [0.4, 0.5) is 0 Å². The van der Waals surface area contributed by atoms with Gasteiger partial charge in [-0.2, -0.15) is 0 Å². The first kappa shape index (κ1) is 65.9. The van der Waals surface area contributed by atoms with Gasteiger partial charge in [-0.05, 0) is 296 Å². The van der Waals surface area contributed by atoms with E-state index in [0.717, 1.165) is 6.42 Å². The first-order chi connectivity index (χ1) is 51.6. The molecular weight excluding hydrogens is 1260 g/mol. The minimum atomic E-state index is 1.16. The summed E-state index contributed by atoms with van der Waals surface area (Å²) >= 11 is 0. The third kappa shape index (κ3) is 14.2. The lowest BCUT2D eigenvalue weighted by atomic mass is 9.80. The molecule has 0 aliphatic heterocycles. The summed E-state index contributed by atoms with van der Waals surface area (Å²) in [5.74, 6) is 1.19. The first-order valence-corrected chi connectivity index (χ1v) is 38.0. The Morgan fingerprint density at radius 1 is 0.250 bits per heavy atom. The fraction of sp³-hybridized carbons (Fsp3) is 0.204. The highest BCUT2D eigenvalue weighted by Gasteiger charge is 2.23. The lowest BCUT2D eigenvalue weighted by Gasteiger charge is -2.24. The number of rotatable bonds is 1. The standard InChI is InChI=1S/C16H12.C12H11N.2C12H10.C11H9N.C8H8.3C7H7N.C6H6O/c1-3-7-13-11(5-1)12-6-2-4-8-14(12)16-10-9-15(13)16;1-2-4-11(5-3-1)13-9-8-10-6-7-12(10)13;1-2-4-10-8-12-6-5-11(12)7-9(10)3-1;1-2-4-11-9(3-1)5-6-10-7-8-12(10)11;1-2-4-9-8(3-1)7-12-11-6-5-10(9)11;1-2-4-8-6-5-7(8)3-1;1-2-7-5-8-4-3-6(1)7;2*1-2-6-3-4-7(6)8-5-1;1-2-6-5(1)3-4-7-6/h1-8H,9-10H2;1-5,8-9H,6-7H2;1-4,7-8H,5-6H2;1-6H,7-8H2;1-4,7H,5-6H2;1-4H,5-6H2;3-5H,1-2H2;2*1-2,5H,3-4H2;3-4H,1-2H2. The van der Waals surface area contributed by atoms with Crippen molar-refractivity contribution in [3.63, 3.8) is 0 Å². The molecule has 0 atom stereocenters. The van der Waals surface area contributed by atoms with Crippen LogP contribution in [0.1, 0.15) is 112 Å². The second-order valence-electron chi connectivity index (χ2n) is 28.7. The maximum Gasteiger partial charge on any atom is 0.107 e. The zero-order valence-corrected chi connectivity index (χ0v) is 59.4. The molecule has 0 spiro atoms. The topological polar surface area (TPSA) is 69.6 Å². The first-order valence-electron chi connectivity index (χ1n) is 38.0. The molecule has 26 rings (SSSR count). The summed E-state index contributed by atoms with van der Waals surface area (Å²) in [6.07, 6.45) is 38.3. The molecule has 0 fully saturated rings. The van der Waals surface area contributed by atoms with Crippen LogP contribution in [0.5, 0.6) is 0 Å². The van der Waals surface area contributed by atoms with E-state index < -0.39 is 0 Å². The van der Waals surface area contributed by atoms with E-state index in [9.17, 15) is 0 Å². The van der Waals surface area contributed by atoms with Crippen LogP contribution in [0.3, 0.4) is 0 Å². The van der Waals surface area contributed by atoms with Gasteiger partial charge in [0.25, 0.3) is 0 Å². The molecule has 0 radical (unpaired) electrons. The van der Waals surface area contributed by atoms with Crippen molar-refractivity contribution in [2.45, 2.75) is 128 Å². The van der Waals surface area contributed by atoms with Gasteiger partial charge in [0, 0.05) is 77.5 Å². The largest absolute Gasteiger partial charge is 0.469 e. The summed E-state index contributed by atoms with van der Waals surface area (Å²) in [6.45, 7) is 0. The van der Waals surface area contributed by atoms with Crippen molar-refractivity contribution in [1.82, 2.24) is 24.5 Å². The average molecular weight is 1350 g/mol. The fourth-order valence-corrected chi connectivity index (χ4v) is 15.6. The molecule has 16 aromatic rings. The Bertz CT molecular complexity index is 5240. The fourth-order valence-electron chi connectivity index (χ4n) is 15.6. The predicted molar refractivity (Wildman–Crippen MR) is 429 cm³/mol. The molecular formula is C98H87N5O. The molecule has 6 nitrogen and oxygen atoms in total. The van der Waals surface area contributed by atoms with Gasteiger partial charge in [-0.3, -0.25) is 19.9 Å². The Balaban J connectivity index is 0.0000000863. The van der Waals surface area contributed by atoms with Gasteiger partial charge in [-0.1, -0.05) is 200 Å². The second-order valence-corrected chi connectivity index (χ2v) is 28.7. The average Bonchev–Trinajstić information content (AvgIpc) is 0.969. The maximum atomic E-state index is 5.05. The third-order valence-corrected chi connectivity index (χ3v) is 22.8. The van der Waals surface area contributed by atoms with Crippen molar-refractivity contribution in [3.8, 4) is 5.69 Å². The molecule has 510 valence electrons. The lowest BCUT2D eigenvalue weighted by Crippen LogP contribution is -2.11. The maximum absolute atomic E-state index is 5.05. The molecule has 0 bridgehead atoms. The normalized spacial score (nSPS) is 14.2. The number of hydrogen-bond donors (Lipinski definition) is 0. The van der Waals surface area contributed by atoms with Crippen molar-refractivity contribution >= 4 is 53.9 Å². The number of nitrogens with zero attached hydrogens (tertiary/aromatic N) is 5. The summed E-state index contributed by atoms with van der Waals surface area (Å²) in [4.78, 5) is 16.7. The quantitative estimate of drug-likeness (QED) is 0.153. The lowest BCUT2D eigenvalue weighted by molar-refractivity contribution is 0.480. The number of para-hydroxylation sites is 1. The number of benzene rings is 10. The van der Waals surface area contributed by atoms with Crippen molar-refractivity contribution in [3.05, 3.63) is 398 Å². The van der Waals surface area contributed by atoms with Crippen LogP contribution in [0.15, 0.2) is 291 Å². The van der Waals surface area contributed by atoms with Crippen LogP contribution in [-0.4, -0.2) is 24.5 Å². The van der Waals surface area contributed by atoms with Gasteiger partial charge in [0.05, 0.1) is 6.26 Å². The minimum Gasteiger partial charge on any atom is -0.469 e. The molecule has 10 aliphatic carbocycles. The van der Waals surface area contributed by atoms with E-state index in [1.807, 2.05) is 49.2 Å². The highest BCUT2D eigenvalue weighted by Crippen LogP contribution is 2.39. The molecule has 6 heteroatoms. The van der Waals surface area contributed by atoms with Crippen molar-refractivity contribution in [2.24, 2.45) is 0 Å². The molecule has 0 saturated heterocycles.